The van der Waals surface area contributed by atoms with Crippen LogP contribution in [-0.4, -0.2) is 51.2 Å². The summed E-state index contributed by atoms with van der Waals surface area (Å²) in [6.07, 6.45) is 0.315. The number of halogens is 1. The molecule has 0 radical (unpaired) electrons. The zero-order valence-electron chi connectivity index (χ0n) is 13.5. The maximum atomic E-state index is 13.5. The number of alkyl halides is 1. The molecule has 1 fully saturated rings. The third-order valence-electron chi connectivity index (χ3n) is 3.56. The van der Waals surface area contributed by atoms with Gasteiger partial charge in [-0.25, -0.2) is 4.39 Å². The minimum Gasteiger partial charge on any atom is -0.377 e. The van der Waals surface area contributed by atoms with Crippen molar-refractivity contribution >= 4 is 10.2 Å². The predicted molar refractivity (Wildman–Crippen MR) is 82.0 cm³/mol. The molecule has 5 nitrogen and oxygen atoms in total. The van der Waals surface area contributed by atoms with Gasteiger partial charge in [0.15, 0.2) is 0 Å². The monoisotopic (exact) mass is 324 g/mol. The maximum absolute atomic E-state index is 13.5. The van der Waals surface area contributed by atoms with Crippen LogP contribution in [0.2, 0.25) is 0 Å². The Labute approximate surface area is 128 Å². The normalized spacial score (nSPS) is 23.6. The topological polar surface area (TPSA) is 58.6 Å². The number of hydrogen-bond donors (Lipinski definition) is 1. The van der Waals surface area contributed by atoms with E-state index in [0.717, 1.165) is 12.8 Å². The van der Waals surface area contributed by atoms with Gasteiger partial charge in [0, 0.05) is 13.1 Å². The molecule has 0 aromatic heterocycles. The average molecular weight is 324 g/mol. The summed E-state index contributed by atoms with van der Waals surface area (Å²) in [7, 11) is -3.67. The van der Waals surface area contributed by atoms with Gasteiger partial charge >= 0.3 is 0 Å². The summed E-state index contributed by atoms with van der Waals surface area (Å²) in [5, 5.41) is 0. The van der Waals surface area contributed by atoms with Crippen LogP contribution in [0.3, 0.4) is 0 Å². The molecule has 1 aliphatic heterocycles. The van der Waals surface area contributed by atoms with Crippen molar-refractivity contribution in [3.63, 3.8) is 0 Å². The molecule has 1 heterocycles. The molecule has 1 aliphatic rings. The first-order valence-corrected chi connectivity index (χ1v) is 9.15. The first-order chi connectivity index (χ1) is 9.72. The lowest BCUT2D eigenvalue weighted by Gasteiger charge is -2.26. The van der Waals surface area contributed by atoms with Crippen molar-refractivity contribution in [2.75, 3.05) is 26.3 Å². The molecular weight excluding hydrogens is 295 g/mol. The van der Waals surface area contributed by atoms with E-state index in [4.69, 9.17) is 4.74 Å². The van der Waals surface area contributed by atoms with Crippen LogP contribution >= 0.6 is 0 Å². The van der Waals surface area contributed by atoms with Crippen LogP contribution in [0.4, 0.5) is 4.39 Å². The Morgan fingerprint density at radius 3 is 2.05 bits per heavy atom. The maximum Gasteiger partial charge on any atom is 0.279 e. The summed E-state index contributed by atoms with van der Waals surface area (Å²) >= 11 is 0. The molecular formula is C14H29FN2O3S. The highest BCUT2D eigenvalue weighted by atomic mass is 32.2. The lowest BCUT2D eigenvalue weighted by atomic mass is 10.1. The molecule has 0 aromatic carbocycles. The largest absolute Gasteiger partial charge is 0.377 e. The molecule has 0 bridgehead atoms. The Hall–Kier alpha value is -0.240. The Morgan fingerprint density at radius 1 is 1.14 bits per heavy atom. The van der Waals surface area contributed by atoms with E-state index in [2.05, 4.69) is 32.4 Å². The minimum atomic E-state index is -3.67. The van der Waals surface area contributed by atoms with Crippen molar-refractivity contribution in [1.29, 1.82) is 0 Å². The Balaban J connectivity index is 2.68. The quantitative estimate of drug-likeness (QED) is 0.705. The predicted octanol–water partition coefficient (Wildman–Crippen LogP) is 1.95. The molecule has 0 aromatic rings. The molecule has 1 saturated heterocycles. The summed E-state index contributed by atoms with van der Waals surface area (Å²) in [4.78, 5) is 0. The van der Waals surface area contributed by atoms with Gasteiger partial charge in [-0.1, -0.05) is 27.7 Å². The molecule has 126 valence electrons. The van der Waals surface area contributed by atoms with Crippen LogP contribution in [-0.2, 0) is 14.9 Å². The summed E-state index contributed by atoms with van der Waals surface area (Å²) in [5.41, 5.74) is 0. The van der Waals surface area contributed by atoms with E-state index in [0.29, 0.717) is 24.9 Å². The highest BCUT2D eigenvalue weighted by molar-refractivity contribution is 7.87. The van der Waals surface area contributed by atoms with E-state index in [1.807, 2.05) is 0 Å². The van der Waals surface area contributed by atoms with Crippen LogP contribution in [0, 0.1) is 11.8 Å². The second-order valence-corrected chi connectivity index (χ2v) is 8.25. The molecule has 0 spiro atoms. The van der Waals surface area contributed by atoms with Gasteiger partial charge in [-0.2, -0.15) is 17.4 Å². The fourth-order valence-electron chi connectivity index (χ4n) is 2.06. The van der Waals surface area contributed by atoms with Crippen LogP contribution in [0.1, 0.15) is 40.5 Å². The van der Waals surface area contributed by atoms with Gasteiger partial charge in [-0.15, -0.1) is 0 Å². The molecule has 2 atom stereocenters. The third-order valence-corrected chi connectivity index (χ3v) is 5.21. The molecule has 1 N–H and O–H groups in total. The van der Waals surface area contributed by atoms with Crippen molar-refractivity contribution in [1.82, 2.24) is 9.03 Å². The van der Waals surface area contributed by atoms with Crippen molar-refractivity contribution in [3.05, 3.63) is 0 Å². The van der Waals surface area contributed by atoms with E-state index in [1.54, 1.807) is 0 Å². The van der Waals surface area contributed by atoms with Gasteiger partial charge in [0.2, 0.25) is 0 Å². The fourth-order valence-corrected chi connectivity index (χ4v) is 3.50. The van der Waals surface area contributed by atoms with Crippen LogP contribution < -0.4 is 4.72 Å². The highest BCUT2D eigenvalue weighted by Crippen LogP contribution is 2.14. The average Bonchev–Trinajstić information content (AvgIpc) is 2.73. The van der Waals surface area contributed by atoms with Gasteiger partial charge in [0.05, 0.1) is 19.3 Å². The first-order valence-electron chi connectivity index (χ1n) is 7.71. The van der Waals surface area contributed by atoms with Crippen molar-refractivity contribution in [3.8, 4) is 0 Å². The van der Waals surface area contributed by atoms with E-state index < -0.39 is 22.4 Å². The third kappa shape index (κ3) is 6.59. The molecule has 7 heteroatoms. The van der Waals surface area contributed by atoms with E-state index >= 15 is 0 Å². The van der Waals surface area contributed by atoms with E-state index in [1.165, 1.54) is 4.31 Å². The highest BCUT2D eigenvalue weighted by Gasteiger charge is 2.34. The van der Waals surface area contributed by atoms with Gasteiger partial charge < -0.3 is 4.74 Å². The second kappa shape index (κ2) is 8.41. The minimum absolute atomic E-state index is 0.0365. The lowest BCUT2D eigenvalue weighted by Crippen LogP contribution is -2.49. The number of ether oxygens (including phenoxy) is 1. The zero-order chi connectivity index (χ0) is 16.0. The molecule has 21 heavy (non-hydrogen) atoms. The SMILES string of the molecule is CC(C)CCN(CCC(C)C)S(=O)(=O)N[C@@H]1COC[C@@H]1F. The smallest absolute Gasteiger partial charge is 0.279 e. The van der Waals surface area contributed by atoms with Gasteiger partial charge in [-0.05, 0) is 24.7 Å². The van der Waals surface area contributed by atoms with Crippen LogP contribution in [0.15, 0.2) is 0 Å². The van der Waals surface area contributed by atoms with E-state index in [9.17, 15) is 12.8 Å². The molecule has 0 unspecified atom stereocenters. The van der Waals surface area contributed by atoms with Gasteiger partial charge in [0.25, 0.3) is 10.2 Å². The van der Waals surface area contributed by atoms with Crippen molar-refractivity contribution in [2.24, 2.45) is 11.8 Å². The molecule has 0 saturated carbocycles. The summed E-state index contributed by atoms with van der Waals surface area (Å²) in [5.74, 6) is 0.843. The Morgan fingerprint density at radius 2 is 1.67 bits per heavy atom. The van der Waals surface area contributed by atoms with Gasteiger partial charge in [-0.3, -0.25) is 0 Å². The zero-order valence-corrected chi connectivity index (χ0v) is 14.3. The van der Waals surface area contributed by atoms with Crippen molar-refractivity contribution in [2.45, 2.75) is 52.8 Å². The van der Waals surface area contributed by atoms with E-state index in [-0.39, 0.29) is 13.2 Å². The van der Waals surface area contributed by atoms with Crippen molar-refractivity contribution < 1.29 is 17.5 Å². The number of nitrogens with one attached hydrogen (secondary N) is 1. The summed E-state index contributed by atoms with van der Waals surface area (Å²) in [6, 6.07) is -0.768. The van der Waals surface area contributed by atoms with Gasteiger partial charge in [0.1, 0.15) is 6.17 Å². The molecule has 0 aliphatic carbocycles. The molecule has 1 rings (SSSR count). The summed E-state index contributed by atoms with van der Waals surface area (Å²) in [6.45, 7) is 9.22. The van der Waals surface area contributed by atoms with Crippen LogP contribution in [0.5, 0.6) is 0 Å². The summed E-state index contributed by atoms with van der Waals surface area (Å²) < 4.78 is 47.3. The Bertz CT molecular complexity index is 389. The number of nitrogens with zero attached hydrogens (tertiary/aromatic N) is 1. The Kier molecular flexibility index (Phi) is 7.53. The number of hydrogen-bond acceptors (Lipinski definition) is 3. The number of rotatable bonds is 9. The second-order valence-electron chi connectivity index (χ2n) is 6.55. The van der Waals surface area contributed by atoms with Crippen LogP contribution in [0.25, 0.3) is 0 Å². The fraction of sp³-hybridized carbons (Fsp3) is 1.00. The standard InChI is InChI=1S/C14H29FN2O3S/c1-11(2)5-7-17(8-6-12(3)4)21(18,19)16-14-10-20-9-13(14)15/h11-14,16H,5-10H2,1-4H3/t13-,14+/m0/s1. The first kappa shape index (κ1) is 18.8. The molecule has 0 amide bonds. The lowest BCUT2D eigenvalue weighted by molar-refractivity contribution is 0.173.